The van der Waals surface area contributed by atoms with Crippen LogP contribution < -0.4 is 0 Å². The smallest absolute Gasteiger partial charge is 0.115 e. The van der Waals surface area contributed by atoms with Crippen LogP contribution in [0.3, 0.4) is 0 Å². The van der Waals surface area contributed by atoms with Gasteiger partial charge in [0, 0.05) is 11.4 Å². The highest BCUT2D eigenvalue weighted by atomic mass is 14.8. The maximum atomic E-state index is 4.36. The molecule has 0 bridgehead atoms. The molecule has 0 radical (unpaired) electrons. The van der Waals surface area contributed by atoms with Gasteiger partial charge in [-0.2, -0.15) is 0 Å². The van der Waals surface area contributed by atoms with Crippen molar-refractivity contribution in [1.82, 2.24) is 9.97 Å². The van der Waals surface area contributed by atoms with Gasteiger partial charge in [0.15, 0.2) is 0 Å². The summed E-state index contributed by atoms with van der Waals surface area (Å²) in [4.78, 5) is 8.59. The lowest BCUT2D eigenvalue weighted by Crippen LogP contribution is -2.24. The van der Waals surface area contributed by atoms with Crippen molar-refractivity contribution < 1.29 is 0 Å². The topological polar surface area (TPSA) is 25.8 Å². The number of aryl methyl sites for hydroxylation is 1. The molecule has 0 N–H and O–H groups in total. The predicted octanol–water partition coefficient (Wildman–Crippen LogP) is 3.33. The summed E-state index contributed by atoms with van der Waals surface area (Å²) < 4.78 is 0. The van der Waals surface area contributed by atoms with E-state index >= 15 is 0 Å². The van der Waals surface area contributed by atoms with Crippen molar-refractivity contribution in [2.45, 2.75) is 53.9 Å². The Bertz CT molecular complexity index is 329. The van der Waals surface area contributed by atoms with Gasteiger partial charge in [-0.1, -0.05) is 27.7 Å². The van der Waals surface area contributed by atoms with E-state index in [1.165, 1.54) is 23.4 Å². The van der Waals surface area contributed by atoms with Crippen molar-refractivity contribution in [2.24, 2.45) is 5.41 Å². The van der Waals surface area contributed by atoms with Crippen LogP contribution in [0.2, 0.25) is 0 Å². The molecule has 84 valence electrons. The quantitative estimate of drug-likeness (QED) is 0.650. The summed E-state index contributed by atoms with van der Waals surface area (Å²) in [5.41, 5.74) is 4.25. The summed E-state index contributed by atoms with van der Waals surface area (Å²) in [6.07, 6.45) is 5.20. The van der Waals surface area contributed by atoms with E-state index in [2.05, 4.69) is 30.7 Å². The summed E-state index contributed by atoms with van der Waals surface area (Å²) in [6, 6.07) is 0. The van der Waals surface area contributed by atoms with Crippen molar-refractivity contribution in [3.05, 3.63) is 23.3 Å². The summed E-state index contributed by atoms with van der Waals surface area (Å²) in [7, 11) is 0. The maximum Gasteiger partial charge on any atom is 0.115 e. The summed E-state index contributed by atoms with van der Waals surface area (Å²) in [5, 5.41) is 0. The zero-order valence-corrected chi connectivity index (χ0v) is 10.6. The van der Waals surface area contributed by atoms with Crippen LogP contribution in [0.5, 0.6) is 0 Å². The first-order valence-electron chi connectivity index (χ1n) is 5.88. The third kappa shape index (κ3) is 2.77. The summed E-state index contributed by atoms with van der Waals surface area (Å²) >= 11 is 0. The van der Waals surface area contributed by atoms with Gasteiger partial charge in [0.05, 0.1) is 0 Å². The SMILES string of the molecule is CC.Cc1ncnc2c1CCC(C)(C)C2. The number of fused-ring (bicyclic) bond motifs is 1. The van der Waals surface area contributed by atoms with Gasteiger partial charge in [-0.05, 0) is 37.2 Å². The second kappa shape index (κ2) is 4.73. The van der Waals surface area contributed by atoms with Crippen molar-refractivity contribution in [1.29, 1.82) is 0 Å². The molecule has 0 aromatic carbocycles. The van der Waals surface area contributed by atoms with Gasteiger partial charge in [0.1, 0.15) is 6.33 Å². The average Bonchev–Trinajstić information content (AvgIpc) is 2.19. The molecular formula is C13H22N2. The fourth-order valence-electron chi connectivity index (χ4n) is 2.03. The Hall–Kier alpha value is -0.920. The molecule has 1 heterocycles. The predicted molar refractivity (Wildman–Crippen MR) is 63.9 cm³/mol. The highest BCUT2D eigenvalue weighted by Gasteiger charge is 2.26. The van der Waals surface area contributed by atoms with Crippen LogP contribution in [0.4, 0.5) is 0 Å². The van der Waals surface area contributed by atoms with Crippen LogP contribution >= 0.6 is 0 Å². The monoisotopic (exact) mass is 206 g/mol. The molecule has 2 rings (SSSR count). The molecule has 1 aromatic heterocycles. The van der Waals surface area contributed by atoms with Crippen LogP contribution in [0.15, 0.2) is 6.33 Å². The molecule has 0 amide bonds. The van der Waals surface area contributed by atoms with Gasteiger partial charge in [0.25, 0.3) is 0 Å². The first kappa shape index (κ1) is 12.2. The molecule has 0 saturated carbocycles. The van der Waals surface area contributed by atoms with Gasteiger partial charge < -0.3 is 0 Å². The molecule has 0 unspecified atom stereocenters. The van der Waals surface area contributed by atoms with E-state index in [0.29, 0.717) is 5.41 Å². The molecular weight excluding hydrogens is 184 g/mol. The minimum Gasteiger partial charge on any atom is -0.241 e. The van der Waals surface area contributed by atoms with Gasteiger partial charge in [-0.3, -0.25) is 0 Å². The Morgan fingerprint density at radius 2 is 1.87 bits per heavy atom. The fraction of sp³-hybridized carbons (Fsp3) is 0.692. The van der Waals surface area contributed by atoms with E-state index in [1.807, 2.05) is 13.8 Å². The third-order valence-electron chi connectivity index (χ3n) is 2.95. The summed E-state index contributed by atoms with van der Waals surface area (Å²) in [6.45, 7) is 10.7. The van der Waals surface area contributed by atoms with Gasteiger partial charge in [0.2, 0.25) is 0 Å². The zero-order valence-electron chi connectivity index (χ0n) is 10.6. The largest absolute Gasteiger partial charge is 0.241 e. The Balaban J connectivity index is 0.000000531. The van der Waals surface area contributed by atoms with Crippen LogP contribution in [-0.2, 0) is 12.8 Å². The molecule has 2 heteroatoms. The minimum atomic E-state index is 0.424. The molecule has 0 fully saturated rings. The molecule has 0 saturated heterocycles. The van der Waals surface area contributed by atoms with E-state index in [-0.39, 0.29) is 0 Å². The normalized spacial score (nSPS) is 17.4. The molecule has 15 heavy (non-hydrogen) atoms. The molecule has 0 spiro atoms. The molecule has 0 atom stereocenters. The standard InChI is InChI=1S/C11H16N2.C2H6/c1-8-9-4-5-11(2,3)6-10(9)13-7-12-8;1-2/h7H,4-6H2,1-3H3;1-2H3. The number of hydrogen-bond donors (Lipinski definition) is 0. The average molecular weight is 206 g/mol. The van der Waals surface area contributed by atoms with Crippen molar-refractivity contribution in [2.75, 3.05) is 0 Å². The lowest BCUT2D eigenvalue weighted by Gasteiger charge is -2.30. The maximum absolute atomic E-state index is 4.36. The number of hydrogen-bond acceptors (Lipinski definition) is 2. The van der Waals surface area contributed by atoms with Crippen LogP contribution in [0.25, 0.3) is 0 Å². The van der Waals surface area contributed by atoms with Crippen molar-refractivity contribution >= 4 is 0 Å². The molecule has 1 aromatic rings. The van der Waals surface area contributed by atoms with Gasteiger partial charge in [-0.25, -0.2) is 9.97 Å². The lowest BCUT2D eigenvalue weighted by atomic mass is 9.76. The van der Waals surface area contributed by atoms with E-state index in [9.17, 15) is 0 Å². The highest BCUT2D eigenvalue weighted by Crippen LogP contribution is 2.34. The molecule has 2 nitrogen and oxygen atoms in total. The lowest BCUT2D eigenvalue weighted by molar-refractivity contribution is 0.309. The van der Waals surface area contributed by atoms with Crippen LogP contribution in [-0.4, -0.2) is 9.97 Å². The first-order valence-corrected chi connectivity index (χ1v) is 5.88. The van der Waals surface area contributed by atoms with Gasteiger partial charge in [-0.15, -0.1) is 0 Å². The van der Waals surface area contributed by atoms with Crippen LogP contribution in [0.1, 0.15) is 51.1 Å². The van der Waals surface area contributed by atoms with Crippen LogP contribution in [0, 0.1) is 12.3 Å². The van der Waals surface area contributed by atoms with Crippen molar-refractivity contribution in [3.63, 3.8) is 0 Å². The Morgan fingerprint density at radius 3 is 2.53 bits per heavy atom. The van der Waals surface area contributed by atoms with Crippen molar-refractivity contribution in [3.8, 4) is 0 Å². The zero-order chi connectivity index (χ0) is 11.5. The van der Waals surface area contributed by atoms with Gasteiger partial charge >= 0.3 is 0 Å². The van der Waals surface area contributed by atoms with E-state index in [1.54, 1.807) is 6.33 Å². The molecule has 0 aliphatic heterocycles. The van der Waals surface area contributed by atoms with E-state index in [0.717, 1.165) is 12.8 Å². The summed E-state index contributed by atoms with van der Waals surface area (Å²) in [5.74, 6) is 0. The van der Waals surface area contributed by atoms with E-state index in [4.69, 9.17) is 0 Å². The number of nitrogens with zero attached hydrogens (tertiary/aromatic N) is 2. The third-order valence-corrected chi connectivity index (χ3v) is 2.95. The second-order valence-electron chi connectivity index (χ2n) is 4.73. The highest BCUT2D eigenvalue weighted by molar-refractivity contribution is 5.27. The Kier molecular flexibility index (Phi) is 3.83. The minimum absolute atomic E-state index is 0.424. The number of aromatic nitrogens is 2. The van der Waals surface area contributed by atoms with E-state index < -0.39 is 0 Å². The fourth-order valence-corrected chi connectivity index (χ4v) is 2.03. The second-order valence-corrected chi connectivity index (χ2v) is 4.73. The number of rotatable bonds is 0. The first-order chi connectivity index (χ1) is 7.08. The Labute approximate surface area is 93.2 Å². The molecule has 1 aliphatic rings. The molecule has 1 aliphatic carbocycles. The Morgan fingerprint density at radius 1 is 1.20 bits per heavy atom.